The first-order valence-electron chi connectivity index (χ1n) is 9.59. The molecule has 0 saturated carbocycles. The molecule has 0 unspecified atom stereocenters. The van der Waals surface area contributed by atoms with Gasteiger partial charge in [0.15, 0.2) is 6.61 Å². The monoisotopic (exact) mass is 398 g/mol. The zero-order valence-corrected chi connectivity index (χ0v) is 16.3. The molecule has 146 valence electrons. The largest absolute Gasteiger partial charge is 0.451 e. The zero-order chi connectivity index (χ0) is 19.5. The normalized spacial score (nSPS) is 16.0. The van der Waals surface area contributed by atoms with Gasteiger partial charge >= 0.3 is 5.97 Å². The molecule has 6 nitrogen and oxygen atoms in total. The van der Waals surface area contributed by atoms with Crippen LogP contribution in [0.4, 0.5) is 11.4 Å². The van der Waals surface area contributed by atoms with E-state index >= 15 is 0 Å². The summed E-state index contributed by atoms with van der Waals surface area (Å²) in [4.78, 5) is 39.7. The summed E-state index contributed by atoms with van der Waals surface area (Å²) in [6.07, 6.45) is 5.80. The summed E-state index contributed by atoms with van der Waals surface area (Å²) in [5.74, 6) is -0.712. The second-order valence-corrected chi connectivity index (χ2v) is 8.22. The van der Waals surface area contributed by atoms with Crippen molar-refractivity contribution >= 4 is 40.5 Å². The third kappa shape index (κ3) is 4.09. The minimum Gasteiger partial charge on any atom is -0.451 e. The van der Waals surface area contributed by atoms with Gasteiger partial charge in [-0.1, -0.05) is 0 Å². The predicted octanol–water partition coefficient (Wildman–Crippen LogP) is 3.55. The standard InChI is InChI=1S/C21H22N2O4S/c24-19(13-27-21(26)18-12-14-4-1-2-5-17(14)28-18)22-15-7-9-16(10-8-15)23-11-3-6-20(23)25/h7-10,12H,1-6,11,13H2,(H,22,24). The minimum atomic E-state index is -0.447. The second-order valence-electron chi connectivity index (χ2n) is 7.09. The highest BCUT2D eigenvalue weighted by Gasteiger charge is 2.22. The number of hydrogen-bond acceptors (Lipinski definition) is 5. The smallest absolute Gasteiger partial charge is 0.348 e. The van der Waals surface area contributed by atoms with Gasteiger partial charge in [-0.3, -0.25) is 9.59 Å². The molecule has 0 atom stereocenters. The highest BCUT2D eigenvalue weighted by Crippen LogP contribution is 2.30. The first kappa shape index (κ1) is 18.7. The number of amides is 2. The van der Waals surface area contributed by atoms with Crippen LogP contribution in [0.15, 0.2) is 30.3 Å². The van der Waals surface area contributed by atoms with Crippen LogP contribution in [-0.2, 0) is 27.2 Å². The van der Waals surface area contributed by atoms with Crippen molar-refractivity contribution in [2.45, 2.75) is 38.5 Å². The number of nitrogens with one attached hydrogen (secondary N) is 1. The number of aryl methyl sites for hydroxylation is 2. The van der Waals surface area contributed by atoms with Crippen LogP contribution >= 0.6 is 11.3 Å². The number of esters is 1. The molecule has 1 saturated heterocycles. The van der Waals surface area contributed by atoms with E-state index in [0.29, 0.717) is 17.0 Å². The Morgan fingerprint density at radius 3 is 2.57 bits per heavy atom. The van der Waals surface area contributed by atoms with E-state index < -0.39 is 5.97 Å². The third-order valence-corrected chi connectivity index (χ3v) is 6.29. The van der Waals surface area contributed by atoms with Crippen molar-refractivity contribution in [3.05, 3.63) is 45.6 Å². The quantitative estimate of drug-likeness (QED) is 0.782. The molecule has 1 aromatic heterocycles. The fraction of sp³-hybridized carbons (Fsp3) is 0.381. The Kier molecular flexibility index (Phi) is 5.43. The number of ether oxygens (including phenoxy) is 1. The maximum absolute atomic E-state index is 12.2. The fourth-order valence-electron chi connectivity index (χ4n) is 3.64. The Morgan fingerprint density at radius 2 is 1.86 bits per heavy atom. The maximum Gasteiger partial charge on any atom is 0.348 e. The van der Waals surface area contributed by atoms with Crippen LogP contribution in [0.2, 0.25) is 0 Å². The highest BCUT2D eigenvalue weighted by atomic mass is 32.1. The molecule has 0 spiro atoms. The van der Waals surface area contributed by atoms with Crippen molar-refractivity contribution < 1.29 is 19.1 Å². The molecule has 1 aliphatic heterocycles. The number of thiophene rings is 1. The Hall–Kier alpha value is -2.67. The number of carbonyl (C=O) groups is 3. The molecule has 28 heavy (non-hydrogen) atoms. The molecule has 1 N–H and O–H groups in total. The fourth-order valence-corrected chi connectivity index (χ4v) is 4.78. The van der Waals surface area contributed by atoms with Crippen LogP contribution in [0, 0.1) is 0 Å². The van der Waals surface area contributed by atoms with Gasteiger partial charge in [0, 0.05) is 29.2 Å². The van der Waals surface area contributed by atoms with E-state index in [4.69, 9.17) is 4.74 Å². The van der Waals surface area contributed by atoms with Crippen molar-refractivity contribution in [1.29, 1.82) is 0 Å². The van der Waals surface area contributed by atoms with Gasteiger partial charge in [0.25, 0.3) is 5.91 Å². The Balaban J connectivity index is 1.29. The van der Waals surface area contributed by atoms with Gasteiger partial charge < -0.3 is 15.0 Å². The molecule has 1 fully saturated rings. The van der Waals surface area contributed by atoms with E-state index in [1.807, 2.05) is 6.07 Å². The number of nitrogens with zero attached hydrogens (tertiary/aromatic N) is 1. The van der Waals surface area contributed by atoms with Crippen molar-refractivity contribution in [3.63, 3.8) is 0 Å². The van der Waals surface area contributed by atoms with Gasteiger partial charge in [0.2, 0.25) is 5.91 Å². The molecule has 7 heteroatoms. The lowest BCUT2D eigenvalue weighted by atomic mass is 9.99. The Labute approximate surface area is 167 Å². The van der Waals surface area contributed by atoms with E-state index in [-0.39, 0.29) is 18.4 Å². The topological polar surface area (TPSA) is 75.7 Å². The molecular formula is C21H22N2O4S. The average molecular weight is 398 g/mol. The molecule has 1 aromatic carbocycles. The highest BCUT2D eigenvalue weighted by molar-refractivity contribution is 7.14. The number of fused-ring (bicyclic) bond motifs is 1. The maximum atomic E-state index is 12.2. The summed E-state index contributed by atoms with van der Waals surface area (Å²) in [6, 6.07) is 9.00. The third-order valence-electron chi connectivity index (χ3n) is 5.07. The summed E-state index contributed by atoms with van der Waals surface area (Å²) in [6.45, 7) is 0.403. The van der Waals surface area contributed by atoms with E-state index in [0.717, 1.165) is 44.3 Å². The lowest BCUT2D eigenvalue weighted by Crippen LogP contribution is -2.23. The van der Waals surface area contributed by atoms with E-state index in [9.17, 15) is 14.4 Å². The summed E-state index contributed by atoms with van der Waals surface area (Å²) < 4.78 is 5.17. The van der Waals surface area contributed by atoms with E-state index in [1.165, 1.54) is 21.8 Å². The van der Waals surface area contributed by atoms with Gasteiger partial charge in [-0.25, -0.2) is 4.79 Å². The molecular weight excluding hydrogens is 376 g/mol. The summed E-state index contributed by atoms with van der Waals surface area (Å²) >= 11 is 1.47. The molecule has 2 heterocycles. The van der Waals surface area contributed by atoms with Crippen molar-refractivity contribution in [2.75, 3.05) is 23.4 Å². The van der Waals surface area contributed by atoms with Gasteiger partial charge in [-0.2, -0.15) is 0 Å². The number of carbonyl (C=O) groups excluding carboxylic acids is 3. The van der Waals surface area contributed by atoms with Crippen LogP contribution in [0.5, 0.6) is 0 Å². The molecule has 1 aliphatic carbocycles. The van der Waals surface area contributed by atoms with Gasteiger partial charge in [0.1, 0.15) is 4.88 Å². The molecule has 2 aliphatic rings. The number of anilines is 2. The lowest BCUT2D eigenvalue weighted by Gasteiger charge is -2.16. The Bertz CT molecular complexity index is 880. The number of rotatable bonds is 5. The zero-order valence-electron chi connectivity index (χ0n) is 15.5. The predicted molar refractivity (Wildman–Crippen MR) is 108 cm³/mol. The van der Waals surface area contributed by atoms with Crippen molar-refractivity contribution in [2.24, 2.45) is 0 Å². The molecule has 4 rings (SSSR count). The number of benzene rings is 1. The number of hydrogen-bond donors (Lipinski definition) is 1. The van der Waals surface area contributed by atoms with E-state index in [2.05, 4.69) is 5.32 Å². The van der Waals surface area contributed by atoms with Gasteiger partial charge in [-0.15, -0.1) is 11.3 Å². The summed E-state index contributed by atoms with van der Waals surface area (Å²) in [5.41, 5.74) is 2.67. The van der Waals surface area contributed by atoms with Gasteiger partial charge in [0.05, 0.1) is 0 Å². The summed E-state index contributed by atoms with van der Waals surface area (Å²) in [5, 5.41) is 2.71. The first-order chi connectivity index (χ1) is 13.6. The minimum absolute atomic E-state index is 0.124. The SMILES string of the molecule is O=C(COC(=O)c1cc2c(s1)CCCC2)Nc1ccc(N2CCCC2=O)cc1. The lowest BCUT2D eigenvalue weighted by molar-refractivity contribution is -0.119. The molecule has 0 bridgehead atoms. The van der Waals surface area contributed by atoms with Crippen LogP contribution in [-0.4, -0.2) is 30.9 Å². The molecule has 2 amide bonds. The van der Waals surface area contributed by atoms with Crippen LogP contribution in [0.3, 0.4) is 0 Å². The van der Waals surface area contributed by atoms with Gasteiger partial charge in [-0.05, 0) is 68.0 Å². The second kappa shape index (κ2) is 8.14. The van der Waals surface area contributed by atoms with Crippen molar-refractivity contribution in [1.82, 2.24) is 0 Å². The van der Waals surface area contributed by atoms with Crippen LogP contribution in [0.1, 0.15) is 45.8 Å². The molecule has 2 aromatic rings. The van der Waals surface area contributed by atoms with E-state index in [1.54, 1.807) is 29.2 Å². The van der Waals surface area contributed by atoms with Crippen LogP contribution < -0.4 is 10.2 Å². The average Bonchev–Trinajstić information content (AvgIpc) is 3.33. The van der Waals surface area contributed by atoms with Crippen LogP contribution in [0.25, 0.3) is 0 Å². The molecule has 0 radical (unpaired) electrons. The Morgan fingerprint density at radius 1 is 1.07 bits per heavy atom. The van der Waals surface area contributed by atoms with Crippen molar-refractivity contribution in [3.8, 4) is 0 Å². The first-order valence-corrected chi connectivity index (χ1v) is 10.4. The summed E-state index contributed by atoms with van der Waals surface area (Å²) in [7, 11) is 0.